The van der Waals surface area contributed by atoms with E-state index in [0.29, 0.717) is 6.42 Å². The Bertz CT molecular complexity index is 1050. The number of carbonyl (C=O) groups excluding carboxylic acids is 1. The van der Waals surface area contributed by atoms with Crippen LogP contribution in [-0.2, 0) is 4.79 Å². The maximum atomic E-state index is 12.9. The van der Waals surface area contributed by atoms with Gasteiger partial charge in [-0.05, 0) is 44.0 Å². The van der Waals surface area contributed by atoms with Crippen LogP contribution in [0.3, 0.4) is 0 Å². The van der Waals surface area contributed by atoms with Crippen LogP contribution in [0, 0.1) is 6.92 Å². The molecule has 3 aromatic rings. The van der Waals surface area contributed by atoms with Crippen LogP contribution in [-0.4, -0.2) is 20.5 Å². The summed E-state index contributed by atoms with van der Waals surface area (Å²) in [6, 6.07) is 16.0. The number of hydrogen-bond donors (Lipinski definition) is 1. The van der Waals surface area contributed by atoms with Crippen molar-refractivity contribution in [1.29, 1.82) is 0 Å². The van der Waals surface area contributed by atoms with Gasteiger partial charge in [0.1, 0.15) is 5.82 Å². The molecule has 5 nitrogen and oxygen atoms in total. The zero-order valence-corrected chi connectivity index (χ0v) is 15.1. The van der Waals surface area contributed by atoms with Crippen LogP contribution in [0.4, 0.5) is 5.82 Å². The second kappa shape index (κ2) is 6.20. The third-order valence-electron chi connectivity index (χ3n) is 5.39. The minimum atomic E-state index is -0.164. The molecule has 1 aliphatic heterocycles. The summed E-state index contributed by atoms with van der Waals surface area (Å²) in [5, 5.41) is 8.36. The van der Waals surface area contributed by atoms with Crippen LogP contribution >= 0.6 is 0 Å². The van der Waals surface area contributed by atoms with Crippen LogP contribution < -0.4 is 5.32 Å². The molecule has 134 valence electrons. The Morgan fingerprint density at radius 2 is 1.89 bits per heavy atom. The van der Waals surface area contributed by atoms with E-state index in [2.05, 4.69) is 10.3 Å². The normalized spacial score (nSPS) is 18.7. The summed E-state index contributed by atoms with van der Waals surface area (Å²) in [6.45, 7) is 2.01. The second-order valence-corrected chi connectivity index (χ2v) is 7.08. The van der Waals surface area contributed by atoms with Gasteiger partial charge in [-0.3, -0.25) is 9.78 Å². The summed E-state index contributed by atoms with van der Waals surface area (Å²) in [6.07, 6.45) is 4.16. The lowest BCUT2D eigenvalue weighted by atomic mass is 9.77. The molecule has 0 saturated carbocycles. The Morgan fingerprint density at radius 3 is 2.67 bits per heavy atom. The Labute approximate surface area is 157 Å². The predicted molar refractivity (Wildman–Crippen MR) is 104 cm³/mol. The van der Waals surface area contributed by atoms with Crippen molar-refractivity contribution in [3.8, 4) is 5.69 Å². The first-order valence-electron chi connectivity index (χ1n) is 9.33. The number of benzene rings is 1. The lowest BCUT2D eigenvalue weighted by Crippen LogP contribution is -2.28. The first-order chi connectivity index (χ1) is 13.2. The minimum absolute atomic E-state index is 0.164. The maximum Gasteiger partial charge on any atom is 0.161 e. The van der Waals surface area contributed by atoms with Crippen molar-refractivity contribution >= 4 is 11.6 Å². The zero-order chi connectivity index (χ0) is 18.4. The summed E-state index contributed by atoms with van der Waals surface area (Å²) >= 11 is 0. The van der Waals surface area contributed by atoms with E-state index in [1.54, 1.807) is 6.20 Å². The number of aryl methyl sites for hydroxylation is 1. The van der Waals surface area contributed by atoms with E-state index in [1.807, 2.05) is 60.1 Å². The van der Waals surface area contributed by atoms with Crippen molar-refractivity contribution in [2.75, 3.05) is 5.32 Å². The number of nitrogens with one attached hydrogen (secondary N) is 1. The summed E-state index contributed by atoms with van der Waals surface area (Å²) in [4.78, 5) is 17.5. The van der Waals surface area contributed by atoms with Gasteiger partial charge < -0.3 is 5.32 Å². The lowest BCUT2D eigenvalue weighted by molar-refractivity contribution is -0.116. The molecule has 0 fully saturated rings. The number of pyridine rings is 1. The molecule has 27 heavy (non-hydrogen) atoms. The van der Waals surface area contributed by atoms with Gasteiger partial charge in [0, 0.05) is 29.5 Å². The van der Waals surface area contributed by atoms with Crippen LogP contribution in [0.5, 0.6) is 0 Å². The van der Waals surface area contributed by atoms with E-state index in [4.69, 9.17) is 5.10 Å². The SMILES string of the molecule is Cc1nn(-c2ccccc2)c2c1[C@@H](c1ccccn1)C1=C(CCCC1=O)N2. The van der Waals surface area contributed by atoms with Crippen molar-refractivity contribution in [3.05, 3.63) is 82.9 Å². The highest BCUT2D eigenvalue weighted by Crippen LogP contribution is 2.46. The number of fused-ring (bicyclic) bond motifs is 1. The zero-order valence-electron chi connectivity index (χ0n) is 15.1. The van der Waals surface area contributed by atoms with Gasteiger partial charge in [-0.25, -0.2) is 4.68 Å². The minimum Gasteiger partial charge on any atom is -0.343 e. The molecule has 1 N–H and O–H groups in total. The number of hydrogen-bond acceptors (Lipinski definition) is 4. The fourth-order valence-corrected chi connectivity index (χ4v) is 4.22. The lowest BCUT2D eigenvalue weighted by Gasteiger charge is -2.32. The highest BCUT2D eigenvalue weighted by Gasteiger charge is 2.39. The maximum absolute atomic E-state index is 12.9. The molecule has 2 aromatic heterocycles. The molecular formula is C22H20N4O. The average Bonchev–Trinajstić information content (AvgIpc) is 3.04. The first-order valence-corrected chi connectivity index (χ1v) is 9.33. The van der Waals surface area contributed by atoms with Crippen LogP contribution in [0.25, 0.3) is 5.69 Å². The van der Waals surface area contributed by atoms with Gasteiger partial charge in [0.25, 0.3) is 0 Å². The number of aromatic nitrogens is 3. The molecular weight excluding hydrogens is 336 g/mol. The van der Waals surface area contributed by atoms with Gasteiger partial charge in [0.15, 0.2) is 5.78 Å². The van der Waals surface area contributed by atoms with Crippen LogP contribution in [0.2, 0.25) is 0 Å². The molecule has 5 rings (SSSR count). The van der Waals surface area contributed by atoms with Crippen LogP contribution in [0.1, 0.15) is 42.1 Å². The molecule has 2 aliphatic rings. The van der Waals surface area contributed by atoms with Crippen molar-refractivity contribution in [1.82, 2.24) is 14.8 Å². The molecule has 0 unspecified atom stereocenters. The molecule has 0 radical (unpaired) electrons. The van der Waals surface area contributed by atoms with Crippen molar-refractivity contribution in [3.63, 3.8) is 0 Å². The van der Waals surface area contributed by atoms with Crippen molar-refractivity contribution in [2.45, 2.75) is 32.1 Å². The Kier molecular flexibility index (Phi) is 3.67. The molecule has 0 bridgehead atoms. The molecule has 1 aromatic carbocycles. The summed E-state index contributed by atoms with van der Waals surface area (Å²) in [5.74, 6) is 1.00. The smallest absolute Gasteiger partial charge is 0.161 e. The van der Waals surface area contributed by atoms with Gasteiger partial charge in [-0.15, -0.1) is 0 Å². The van der Waals surface area contributed by atoms with Gasteiger partial charge in [0.2, 0.25) is 0 Å². The molecule has 0 amide bonds. The number of allylic oxidation sites excluding steroid dienone is 2. The third-order valence-corrected chi connectivity index (χ3v) is 5.39. The summed E-state index contributed by atoms with van der Waals surface area (Å²) in [5.41, 5.74) is 5.75. The highest BCUT2D eigenvalue weighted by molar-refractivity contribution is 6.01. The number of anilines is 1. The Morgan fingerprint density at radius 1 is 1.07 bits per heavy atom. The fraction of sp³-hybridized carbons (Fsp3) is 0.227. The van der Waals surface area contributed by atoms with E-state index >= 15 is 0 Å². The van der Waals surface area contributed by atoms with E-state index in [-0.39, 0.29) is 11.7 Å². The number of para-hydroxylation sites is 1. The number of rotatable bonds is 2. The Hall–Kier alpha value is -3.21. The highest BCUT2D eigenvalue weighted by atomic mass is 16.1. The predicted octanol–water partition coefficient (Wildman–Crippen LogP) is 4.14. The average molecular weight is 356 g/mol. The Balaban J connectivity index is 1.76. The van der Waals surface area contributed by atoms with Gasteiger partial charge in [-0.1, -0.05) is 24.3 Å². The van der Waals surface area contributed by atoms with E-state index in [1.165, 1.54) is 0 Å². The number of nitrogens with zero attached hydrogens (tertiary/aromatic N) is 3. The van der Waals surface area contributed by atoms with E-state index in [9.17, 15) is 4.79 Å². The van der Waals surface area contributed by atoms with Gasteiger partial charge in [0.05, 0.1) is 23.0 Å². The van der Waals surface area contributed by atoms with Crippen LogP contribution in [0.15, 0.2) is 66.0 Å². The number of ketones is 1. The standard InChI is InChI=1S/C22H20N4O/c1-14-19-21(16-10-5-6-13-23-16)20-17(11-7-12-18(20)27)24-22(19)26(25-14)15-8-3-2-4-9-15/h2-6,8-10,13,21,24H,7,11-12H2,1H3/t21-/m1/s1. The molecule has 1 atom stereocenters. The van der Waals surface area contributed by atoms with Crippen molar-refractivity contribution < 1.29 is 4.79 Å². The summed E-state index contributed by atoms with van der Waals surface area (Å²) < 4.78 is 1.95. The fourth-order valence-electron chi connectivity index (χ4n) is 4.22. The quantitative estimate of drug-likeness (QED) is 0.750. The molecule has 1 aliphatic carbocycles. The topological polar surface area (TPSA) is 59.8 Å². The number of Topliss-reactive ketones (excluding diaryl/α,β-unsaturated/α-hetero) is 1. The largest absolute Gasteiger partial charge is 0.343 e. The molecule has 5 heteroatoms. The van der Waals surface area contributed by atoms with Gasteiger partial charge in [-0.2, -0.15) is 5.10 Å². The van der Waals surface area contributed by atoms with Crippen molar-refractivity contribution in [2.24, 2.45) is 0 Å². The molecule has 0 saturated heterocycles. The summed E-state index contributed by atoms with van der Waals surface area (Å²) in [7, 11) is 0. The molecule has 0 spiro atoms. The second-order valence-electron chi connectivity index (χ2n) is 7.08. The third kappa shape index (κ3) is 2.50. The first kappa shape index (κ1) is 16.0. The monoisotopic (exact) mass is 356 g/mol. The van der Waals surface area contributed by atoms with E-state index in [0.717, 1.165) is 52.6 Å². The van der Waals surface area contributed by atoms with E-state index < -0.39 is 0 Å². The molecule has 3 heterocycles. The number of carbonyl (C=O) groups is 1. The van der Waals surface area contributed by atoms with Gasteiger partial charge >= 0.3 is 0 Å².